The van der Waals surface area contributed by atoms with Gasteiger partial charge in [-0.2, -0.15) is 10.1 Å². The van der Waals surface area contributed by atoms with Gasteiger partial charge in [0.15, 0.2) is 0 Å². The van der Waals surface area contributed by atoms with E-state index in [1.54, 1.807) is 12.4 Å². The molecule has 9 nitrogen and oxygen atoms in total. The largest absolute Gasteiger partial charge is 0.348 e. The molecule has 0 unspecified atom stereocenters. The third kappa shape index (κ3) is 4.64. The molecule has 1 aliphatic carbocycles. The van der Waals surface area contributed by atoms with Crippen LogP contribution in [0.2, 0.25) is 0 Å². The molecule has 11 heteroatoms. The molecule has 4 aromatic rings. The molecular weight excluding hydrogens is 478 g/mol. The van der Waals surface area contributed by atoms with Gasteiger partial charge < -0.3 is 20.1 Å². The lowest BCUT2D eigenvalue weighted by molar-refractivity contribution is -0.0901. The normalized spacial score (nSPS) is 16.7. The predicted octanol–water partition coefficient (Wildman–Crippen LogP) is 4.04. The van der Waals surface area contributed by atoms with Crippen molar-refractivity contribution in [3.05, 3.63) is 71.9 Å². The molecule has 37 heavy (non-hydrogen) atoms. The zero-order valence-corrected chi connectivity index (χ0v) is 20.2. The van der Waals surface area contributed by atoms with E-state index >= 15 is 0 Å². The first kappa shape index (κ1) is 23.1. The zero-order chi connectivity index (χ0) is 25.6. The van der Waals surface area contributed by atoms with Crippen LogP contribution in [0.1, 0.15) is 34.6 Å². The lowest BCUT2D eigenvalue weighted by Gasteiger charge is -2.35. The minimum absolute atomic E-state index is 0.299. The first-order chi connectivity index (χ1) is 17.8. The number of halogens is 2. The number of amides is 1. The van der Waals surface area contributed by atoms with Crippen LogP contribution in [-0.4, -0.2) is 49.1 Å². The van der Waals surface area contributed by atoms with Crippen molar-refractivity contribution >= 4 is 23.4 Å². The number of nitrogens with zero attached hydrogens (tertiary/aromatic N) is 5. The number of fused-ring (bicyclic) bond motifs is 1. The molecule has 190 valence electrons. The molecular formula is C26H26F2N8O. The number of carbonyl (C=O) groups is 1. The van der Waals surface area contributed by atoms with E-state index in [2.05, 4.69) is 30.7 Å². The number of hydrogen-bond donors (Lipinski definition) is 3. The van der Waals surface area contributed by atoms with Gasteiger partial charge in [-0.3, -0.25) is 9.89 Å². The maximum absolute atomic E-state index is 13.1. The van der Waals surface area contributed by atoms with Gasteiger partial charge in [0.25, 0.3) is 11.8 Å². The lowest BCUT2D eigenvalue weighted by atomic mass is 9.88. The quantitative estimate of drug-likeness (QED) is 0.366. The predicted molar refractivity (Wildman–Crippen MR) is 135 cm³/mol. The first-order valence-corrected chi connectivity index (χ1v) is 12.1. The summed E-state index contributed by atoms with van der Waals surface area (Å²) in [6, 6.07) is 11.2. The molecule has 0 spiro atoms. The van der Waals surface area contributed by atoms with Crippen molar-refractivity contribution < 1.29 is 13.6 Å². The molecule has 1 saturated carbocycles. The highest BCUT2D eigenvalue weighted by molar-refractivity contribution is 5.93. The van der Waals surface area contributed by atoms with Crippen molar-refractivity contribution in [2.24, 2.45) is 7.05 Å². The van der Waals surface area contributed by atoms with Crippen molar-refractivity contribution in [1.29, 1.82) is 0 Å². The fraction of sp³-hybridized carbons (Fsp3) is 0.308. The average molecular weight is 505 g/mol. The number of anilines is 3. The summed E-state index contributed by atoms with van der Waals surface area (Å²) in [6.45, 7) is 1.25. The summed E-state index contributed by atoms with van der Waals surface area (Å²) in [4.78, 5) is 24.0. The molecule has 3 N–H and O–H groups in total. The van der Waals surface area contributed by atoms with E-state index in [9.17, 15) is 13.6 Å². The third-order valence-corrected chi connectivity index (χ3v) is 7.01. The number of aromatic nitrogens is 5. The molecule has 1 aromatic carbocycles. The van der Waals surface area contributed by atoms with Gasteiger partial charge >= 0.3 is 0 Å². The van der Waals surface area contributed by atoms with E-state index in [4.69, 9.17) is 4.98 Å². The molecule has 6 rings (SSSR count). The summed E-state index contributed by atoms with van der Waals surface area (Å²) in [5.41, 5.74) is 5.54. The Morgan fingerprint density at radius 3 is 2.70 bits per heavy atom. The molecule has 0 saturated heterocycles. The standard InChI is InChI=1S/C26H26F2N8O/c1-35-21(24(37)33-20-11-26(27,28)12-20)10-17-7-9-36(15-22(17)35)25-29-8-6-23(34-25)32-19-4-2-16(3-5-19)18-13-30-31-14-18/h2-6,8,10,13-14,20H,7,9,11-12,15H2,1H3,(H,30,31)(H,33,37)(H,29,32,34). The van der Waals surface area contributed by atoms with Gasteiger partial charge in [-0.1, -0.05) is 12.1 Å². The van der Waals surface area contributed by atoms with Crippen LogP contribution in [-0.2, 0) is 20.0 Å². The van der Waals surface area contributed by atoms with Gasteiger partial charge in [0.1, 0.15) is 11.5 Å². The molecule has 1 aliphatic heterocycles. The van der Waals surface area contributed by atoms with Crippen molar-refractivity contribution in [1.82, 2.24) is 30.0 Å². The van der Waals surface area contributed by atoms with Gasteiger partial charge in [-0.15, -0.1) is 0 Å². The Bertz CT molecular complexity index is 1420. The Morgan fingerprint density at radius 1 is 1.16 bits per heavy atom. The van der Waals surface area contributed by atoms with E-state index in [-0.39, 0.29) is 18.7 Å². The smallest absolute Gasteiger partial charge is 0.268 e. The summed E-state index contributed by atoms with van der Waals surface area (Å²) in [6.07, 6.45) is 5.48. The number of H-pyrrole nitrogens is 1. The summed E-state index contributed by atoms with van der Waals surface area (Å²) in [7, 11) is 1.83. The van der Waals surface area contributed by atoms with Crippen LogP contribution in [0.3, 0.4) is 0 Å². The zero-order valence-electron chi connectivity index (χ0n) is 20.2. The first-order valence-electron chi connectivity index (χ1n) is 12.1. The Labute approximate surface area is 211 Å². The van der Waals surface area contributed by atoms with Crippen LogP contribution in [0.15, 0.2) is 55.0 Å². The third-order valence-electron chi connectivity index (χ3n) is 7.01. The second kappa shape index (κ2) is 8.99. The Balaban J connectivity index is 1.14. The van der Waals surface area contributed by atoms with Gasteiger partial charge in [0.05, 0.1) is 12.7 Å². The van der Waals surface area contributed by atoms with Crippen LogP contribution in [0.25, 0.3) is 11.1 Å². The van der Waals surface area contributed by atoms with Gasteiger partial charge in [0, 0.05) is 61.8 Å². The Hall–Kier alpha value is -4.28. The highest BCUT2D eigenvalue weighted by atomic mass is 19.3. The number of carbonyl (C=O) groups excluding carboxylic acids is 1. The number of nitrogens with one attached hydrogen (secondary N) is 3. The van der Waals surface area contributed by atoms with Crippen molar-refractivity contribution in [2.75, 3.05) is 16.8 Å². The highest BCUT2D eigenvalue weighted by Gasteiger charge is 2.46. The molecule has 0 bridgehead atoms. The number of hydrogen-bond acceptors (Lipinski definition) is 6. The summed E-state index contributed by atoms with van der Waals surface area (Å²) in [5, 5.41) is 12.9. The summed E-state index contributed by atoms with van der Waals surface area (Å²) >= 11 is 0. The molecule has 1 fully saturated rings. The van der Waals surface area contributed by atoms with Gasteiger partial charge in [-0.05, 0) is 41.8 Å². The van der Waals surface area contributed by atoms with Gasteiger partial charge in [0.2, 0.25) is 5.95 Å². The molecule has 4 heterocycles. The van der Waals surface area contributed by atoms with E-state index in [0.717, 1.165) is 34.5 Å². The molecule has 2 aliphatic rings. The van der Waals surface area contributed by atoms with Crippen LogP contribution >= 0.6 is 0 Å². The van der Waals surface area contributed by atoms with Crippen molar-refractivity contribution in [3.8, 4) is 11.1 Å². The van der Waals surface area contributed by atoms with E-state index in [0.29, 0.717) is 30.5 Å². The minimum atomic E-state index is -2.67. The fourth-order valence-corrected chi connectivity index (χ4v) is 4.93. The highest BCUT2D eigenvalue weighted by Crippen LogP contribution is 2.37. The Kier molecular flexibility index (Phi) is 5.62. The van der Waals surface area contributed by atoms with Crippen LogP contribution in [0.4, 0.5) is 26.2 Å². The second-order valence-corrected chi connectivity index (χ2v) is 9.60. The topological polar surface area (TPSA) is 104 Å². The number of aromatic amines is 1. The maximum atomic E-state index is 13.1. The lowest BCUT2D eigenvalue weighted by Crippen LogP contribution is -2.50. The molecule has 3 aromatic heterocycles. The van der Waals surface area contributed by atoms with Crippen molar-refractivity contribution in [2.45, 2.75) is 37.8 Å². The van der Waals surface area contributed by atoms with Gasteiger partial charge in [-0.25, -0.2) is 13.8 Å². The van der Waals surface area contributed by atoms with Crippen LogP contribution < -0.4 is 15.5 Å². The number of rotatable bonds is 6. The molecule has 0 radical (unpaired) electrons. The van der Waals surface area contributed by atoms with E-state index < -0.39 is 12.0 Å². The van der Waals surface area contributed by atoms with E-state index in [1.165, 1.54) is 0 Å². The molecule has 1 amide bonds. The number of benzene rings is 1. The maximum Gasteiger partial charge on any atom is 0.268 e. The van der Waals surface area contributed by atoms with Crippen LogP contribution in [0.5, 0.6) is 0 Å². The second-order valence-electron chi connectivity index (χ2n) is 9.60. The summed E-state index contributed by atoms with van der Waals surface area (Å²) < 4.78 is 28.1. The monoisotopic (exact) mass is 504 g/mol. The number of alkyl halides is 2. The summed E-state index contributed by atoms with van der Waals surface area (Å²) in [5.74, 6) is -1.71. The minimum Gasteiger partial charge on any atom is -0.348 e. The average Bonchev–Trinajstić information content (AvgIpc) is 3.52. The fourth-order valence-electron chi connectivity index (χ4n) is 4.93. The van der Waals surface area contributed by atoms with Crippen LogP contribution in [0, 0.1) is 0 Å². The van der Waals surface area contributed by atoms with E-state index in [1.807, 2.05) is 54.2 Å². The SMILES string of the molecule is Cn1c(C(=O)NC2CC(F)(F)C2)cc2c1CN(c1nccc(Nc3ccc(-c4cn[nH]c4)cc3)n1)CC2. The van der Waals surface area contributed by atoms with Crippen molar-refractivity contribution in [3.63, 3.8) is 0 Å². The Morgan fingerprint density at radius 2 is 1.97 bits per heavy atom. The molecule has 0 atom stereocenters.